The molecule has 4 heteroatoms. The lowest BCUT2D eigenvalue weighted by Gasteiger charge is -1.80. The van der Waals surface area contributed by atoms with Gasteiger partial charge in [0, 0.05) is 6.08 Å². The SMILES string of the molecule is O=C(O)/C=C/c1nc2ccccc2s1. The van der Waals surface area contributed by atoms with Crippen molar-refractivity contribution in [3.8, 4) is 0 Å². The third-order valence-electron chi connectivity index (χ3n) is 1.68. The van der Waals surface area contributed by atoms with Gasteiger partial charge in [0.25, 0.3) is 0 Å². The Labute approximate surface area is 84.3 Å². The highest BCUT2D eigenvalue weighted by Crippen LogP contribution is 2.22. The average molecular weight is 205 g/mol. The molecule has 0 amide bonds. The number of thiazole rings is 1. The molecule has 3 nitrogen and oxygen atoms in total. The standard InChI is InChI=1S/C10H7NO2S/c12-10(13)6-5-9-11-7-3-1-2-4-8(7)14-9/h1-6H,(H,12,13)/b6-5+. The van der Waals surface area contributed by atoms with Crippen LogP contribution in [0.25, 0.3) is 16.3 Å². The predicted molar refractivity (Wildman–Crippen MR) is 56.3 cm³/mol. The fourth-order valence-electron chi connectivity index (χ4n) is 1.10. The number of carboxylic acids is 1. The second kappa shape index (κ2) is 3.59. The van der Waals surface area contributed by atoms with Crippen LogP contribution in [-0.2, 0) is 4.79 Å². The second-order valence-corrected chi connectivity index (χ2v) is 3.75. The molecule has 0 unspecified atom stereocenters. The summed E-state index contributed by atoms with van der Waals surface area (Å²) in [6.45, 7) is 0. The maximum absolute atomic E-state index is 10.3. The van der Waals surface area contributed by atoms with Gasteiger partial charge in [0.2, 0.25) is 0 Å². The molecular formula is C10H7NO2S. The highest BCUT2D eigenvalue weighted by atomic mass is 32.1. The van der Waals surface area contributed by atoms with Gasteiger partial charge in [0.05, 0.1) is 10.2 Å². The molecule has 0 bridgehead atoms. The van der Waals surface area contributed by atoms with Gasteiger partial charge in [0.1, 0.15) is 5.01 Å². The van der Waals surface area contributed by atoms with Crippen molar-refractivity contribution < 1.29 is 9.90 Å². The molecular weight excluding hydrogens is 198 g/mol. The van der Waals surface area contributed by atoms with E-state index in [1.807, 2.05) is 24.3 Å². The second-order valence-electron chi connectivity index (χ2n) is 2.69. The lowest BCUT2D eigenvalue weighted by Crippen LogP contribution is -1.84. The maximum atomic E-state index is 10.3. The summed E-state index contributed by atoms with van der Waals surface area (Å²) in [5.74, 6) is -0.954. The molecule has 2 rings (SSSR count). The number of fused-ring (bicyclic) bond motifs is 1. The number of hydrogen-bond donors (Lipinski definition) is 1. The average Bonchev–Trinajstić information content (AvgIpc) is 2.57. The van der Waals surface area contributed by atoms with E-state index in [0.717, 1.165) is 16.3 Å². The summed E-state index contributed by atoms with van der Waals surface area (Å²) in [5, 5.41) is 9.16. The van der Waals surface area contributed by atoms with Crippen molar-refractivity contribution in [1.29, 1.82) is 0 Å². The molecule has 1 aromatic heterocycles. The topological polar surface area (TPSA) is 50.2 Å². The minimum absolute atomic E-state index is 0.716. The van der Waals surface area contributed by atoms with Crippen molar-refractivity contribution >= 4 is 33.6 Å². The van der Waals surface area contributed by atoms with Gasteiger partial charge >= 0.3 is 5.97 Å². The molecule has 0 spiro atoms. The van der Waals surface area contributed by atoms with Crippen molar-refractivity contribution in [2.75, 3.05) is 0 Å². The number of aliphatic carboxylic acids is 1. The van der Waals surface area contributed by atoms with Crippen LogP contribution < -0.4 is 0 Å². The largest absolute Gasteiger partial charge is 0.478 e. The molecule has 14 heavy (non-hydrogen) atoms. The quantitative estimate of drug-likeness (QED) is 0.766. The number of aromatic nitrogens is 1. The van der Waals surface area contributed by atoms with Gasteiger partial charge in [-0.2, -0.15) is 0 Å². The summed E-state index contributed by atoms with van der Waals surface area (Å²) in [6.07, 6.45) is 2.60. The lowest BCUT2D eigenvalue weighted by atomic mass is 10.3. The molecule has 0 atom stereocenters. The van der Waals surface area contributed by atoms with Gasteiger partial charge in [0.15, 0.2) is 0 Å². The van der Waals surface area contributed by atoms with E-state index in [2.05, 4.69) is 4.98 Å². The van der Waals surface area contributed by atoms with Gasteiger partial charge in [-0.25, -0.2) is 9.78 Å². The molecule has 2 aromatic rings. The summed E-state index contributed by atoms with van der Waals surface area (Å²) in [4.78, 5) is 14.5. The van der Waals surface area contributed by atoms with E-state index in [1.54, 1.807) is 0 Å². The Bertz CT molecular complexity index is 469. The van der Waals surface area contributed by atoms with Gasteiger partial charge in [-0.05, 0) is 18.2 Å². The zero-order valence-electron chi connectivity index (χ0n) is 7.18. The Morgan fingerprint density at radius 2 is 2.21 bits per heavy atom. The van der Waals surface area contributed by atoms with Gasteiger partial charge < -0.3 is 5.11 Å². The first-order chi connectivity index (χ1) is 6.75. The van der Waals surface area contributed by atoms with Crippen LogP contribution in [0, 0.1) is 0 Å². The Morgan fingerprint density at radius 1 is 1.43 bits per heavy atom. The Hall–Kier alpha value is -1.68. The molecule has 1 heterocycles. The van der Waals surface area contributed by atoms with E-state index < -0.39 is 5.97 Å². The van der Waals surface area contributed by atoms with Crippen molar-refractivity contribution in [3.63, 3.8) is 0 Å². The molecule has 0 aliphatic carbocycles. The molecule has 0 fully saturated rings. The zero-order chi connectivity index (χ0) is 9.97. The van der Waals surface area contributed by atoms with Crippen LogP contribution in [0.2, 0.25) is 0 Å². The summed E-state index contributed by atoms with van der Waals surface area (Å²) < 4.78 is 1.07. The molecule has 0 saturated heterocycles. The smallest absolute Gasteiger partial charge is 0.328 e. The van der Waals surface area contributed by atoms with Crippen LogP contribution in [0.5, 0.6) is 0 Å². The highest BCUT2D eigenvalue weighted by Gasteiger charge is 1.99. The van der Waals surface area contributed by atoms with Gasteiger partial charge in [-0.15, -0.1) is 11.3 Å². The Kier molecular flexibility index (Phi) is 2.28. The Morgan fingerprint density at radius 3 is 2.93 bits per heavy atom. The molecule has 0 saturated carbocycles. The number of carboxylic acid groups (broad SMARTS) is 1. The highest BCUT2D eigenvalue weighted by molar-refractivity contribution is 7.19. The third kappa shape index (κ3) is 1.80. The third-order valence-corrected chi connectivity index (χ3v) is 2.68. The van der Waals surface area contributed by atoms with E-state index in [4.69, 9.17) is 5.11 Å². The predicted octanol–water partition coefficient (Wildman–Crippen LogP) is 2.39. The molecule has 1 aromatic carbocycles. The van der Waals surface area contributed by atoms with Crippen LogP contribution >= 0.6 is 11.3 Å². The number of nitrogens with zero attached hydrogens (tertiary/aromatic N) is 1. The lowest BCUT2D eigenvalue weighted by molar-refractivity contribution is -0.131. The summed E-state index contributed by atoms with van der Waals surface area (Å²) >= 11 is 1.48. The first-order valence-electron chi connectivity index (χ1n) is 4.02. The normalized spacial score (nSPS) is 11.1. The maximum Gasteiger partial charge on any atom is 0.328 e. The van der Waals surface area contributed by atoms with Crippen LogP contribution in [0.1, 0.15) is 5.01 Å². The first kappa shape index (κ1) is 8.90. The van der Waals surface area contributed by atoms with Crippen molar-refractivity contribution in [1.82, 2.24) is 4.98 Å². The number of carbonyl (C=O) groups is 1. The van der Waals surface area contributed by atoms with E-state index in [1.165, 1.54) is 17.4 Å². The van der Waals surface area contributed by atoms with Crippen LogP contribution in [0.3, 0.4) is 0 Å². The first-order valence-corrected chi connectivity index (χ1v) is 4.84. The number of benzene rings is 1. The van der Waals surface area contributed by atoms with Crippen LogP contribution in [-0.4, -0.2) is 16.1 Å². The summed E-state index contributed by atoms with van der Waals surface area (Å²) in [5.41, 5.74) is 0.905. The van der Waals surface area contributed by atoms with Crippen LogP contribution in [0.4, 0.5) is 0 Å². The molecule has 0 aliphatic rings. The minimum atomic E-state index is -0.954. The molecule has 0 aliphatic heterocycles. The van der Waals surface area contributed by atoms with E-state index in [9.17, 15) is 4.79 Å². The monoisotopic (exact) mass is 205 g/mol. The summed E-state index contributed by atoms with van der Waals surface area (Å²) in [6, 6.07) is 7.72. The van der Waals surface area contributed by atoms with E-state index in [-0.39, 0.29) is 0 Å². The van der Waals surface area contributed by atoms with Crippen molar-refractivity contribution in [2.45, 2.75) is 0 Å². The van der Waals surface area contributed by atoms with E-state index >= 15 is 0 Å². The summed E-state index contributed by atoms with van der Waals surface area (Å²) in [7, 11) is 0. The Balaban J connectivity index is 2.40. The molecule has 1 N–H and O–H groups in total. The molecule has 0 radical (unpaired) electrons. The van der Waals surface area contributed by atoms with Crippen molar-refractivity contribution in [2.24, 2.45) is 0 Å². The minimum Gasteiger partial charge on any atom is -0.478 e. The van der Waals surface area contributed by atoms with Crippen LogP contribution in [0.15, 0.2) is 30.3 Å². The molecule has 70 valence electrons. The van der Waals surface area contributed by atoms with Gasteiger partial charge in [-0.1, -0.05) is 12.1 Å². The number of para-hydroxylation sites is 1. The number of rotatable bonds is 2. The van der Waals surface area contributed by atoms with Gasteiger partial charge in [-0.3, -0.25) is 0 Å². The number of hydrogen-bond acceptors (Lipinski definition) is 3. The fourth-order valence-corrected chi connectivity index (χ4v) is 1.97. The zero-order valence-corrected chi connectivity index (χ0v) is 7.99. The van der Waals surface area contributed by atoms with Crippen molar-refractivity contribution in [3.05, 3.63) is 35.3 Å². The fraction of sp³-hybridized carbons (Fsp3) is 0. The van der Waals surface area contributed by atoms with E-state index in [0.29, 0.717) is 5.01 Å².